The molecule has 3 unspecified atom stereocenters. The van der Waals surface area contributed by atoms with Crippen molar-refractivity contribution >= 4 is 0 Å². The lowest BCUT2D eigenvalue weighted by atomic mass is 9.62. The second kappa shape index (κ2) is 11.7. The highest BCUT2D eigenvalue weighted by Gasteiger charge is 2.38. The van der Waals surface area contributed by atoms with E-state index in [4.69, 9.17) is 4.74 Å². The number of benzene rings is 1. The highest BCUT2D eigenvalue weighted by Crippen LogP contribution is 2.47. The van der Waals surface area contributed by atoms with E-state index < -0.39 is 0 Å². The van der Waals surface area contributed by atoms with E-state index in [0.29, 0.717) is 6.10 Å². The van der Waals surface area contributed by atoms with E-state index in [9.17, 15) is 0 Å². The standard InChI is InChI=1S/C30H46O/c1-3-5-7-8-9-23-10-11-25-20-26(13-12-24(25)19-23)27-14-15-29-22-30(31-18-6-4-2)17-16-28(29)21-27/h4,6,10-11,19,26-30H,3,5,7-9,12-18,20-22H2,1-2H3/t26?,27?,28-,29?,30-/m1/s1. The molecule has 0 N–H and O–H groups in total. The van der Waals surface area contributed by atoms with Gasteiger partial charge in [-0.25, -0.2) is 0 Å². The lowest BCUT2D eigenvalue weighted by molar-refractivity contribution is -0.0138. The predicted octanol–water partition coefficient (Wildman–Crippen LogP) is 8.09. The molecule has 0 heterocycles. The quantitative estimate of drug-likeness (QED) is 0.288. The van der Waals surface area contributed by atoms with Crippen molar-refractivity contribution in [2.45, 2.75) is 110 Å². The first-order valence-corrected chi connectivity index (χ1v) is 13.6. The molecule has 0 aromatic heterocycles. The third-order valence-electron chi connectivity index (χ3n) is 8.79. The molecule has 5 atom stereocenters. The van der Waals surface area contributed by atoms with Gasteiger partial charge in [-0.15, -0.1) is 0 Å². The van der Waals surface area contributed by atoms with Crippen LogP contribution in [0, 0.1) is 23.7 Å². The Morgan fingerprint density at radius 2 is 1.68 bits per heavy atom. The molecule has 1 aromatic rings. The van der Waals surface area contributed by atoms with E-state index in [0.717, 1.165) is 30.3 Å². The molecule has 3 aliphatic rings. The van der Waals surface area contributed by atoms with Crippen LogP contribution >= 0.6 is 0 Å². The third kappa shape index (κ3) is 6.25. The van der Waals surface area contributed by atoms with Crippen molar-refractivity contribution in [2.75, 3.05) is 6.61 Å². The number of hydrogen-bond donors (Lipinski definition) is 0. The average Bonchev–Trinajstić information content (AvgIpc) is 2.81. The Labute approximate surface area is 192 Å². The molecule has 172 valence electrons. The van der Waals surface area contributed by atoms with Gasteiger partial charge in [-0.3, -0.25) is 0 Å². The van der Waals surface area contributed by atoms with Gasteiger partial charge in [-0.1, -0.05) is 56.5 Å². The molecule has 0 saturated heterocycles. The van der Waals surface area contributed by atoms with Gasteiger partial charge < -0.3 is 4.74 Å². The molecular formula is C30H46O. The van der Waals surface area contributed by atoms with Crippen molar-refractivity contribution in [1.82, 2.24) is 0 Å². The number of fused-ring (bicyclic) bond motifs is 2. The van der Waals surface area contributed by atoms with Gasteiger partial charge >= 0.3 is 0 Å². The van der Waals surface area contributed by atoms with Crippen LogP contribution in [-0.2, 0) is 24.0 Å². The summed E-state index contributed by atoms with van der Waals surface area (Å²) in [6.07, 6.45) is 24.1. The van der Waals surface area contributed by atoms with Crippen molar-refractivity contribution in [3.63, 3.8) is 0 Å². The Kier molecular flexibility index (Phi) is 8.71. The first-order chi connectivity index (χ1) is 15.3. The fourth-order valence-corrected chi connectivity index (χ4v) is 6.90. The maximum absolute atomic E-state index is 6.11. The predicted molar refractivity (Wildman–Crippen MR) is 133 cm³/mol. The second-order valence-corrected chi connectivity index (χ2v) is 10.8. The zero-order valence-electron chi connectivity index (χ0n) is 20.3. The van der Waals surface area contributed by atoms with E-state index in [1.807, 2.05) is 0 Å². The lowest BCUT2D eigenvalue weighted by Gasteiger charge is -2.45. The molecule has 2 fully saturated rings. The van der Waals surface area contributed by atoms with Crippen LogP contribution in [-0.4, -0.2) is 12.7 Å². The fourth-order valence-electron chi connectivity index (χ4n) is 6.90. The number of aryl methyl sites for hydroxylation is 2. The molecule has 0 spiro atoms. The molecular weight excluding hydrogens is 376 g/mol. The van der Waals surface area contributed by atoms with Crippen LogP contribution in [0.25, 0.3) is 0 Å². The Hall–Kier alpha value is -1.08. The molecule has 1 aromatic carbocycles. The maximum Gasteiger partial charge on any atom is 0.0651 e. The number of hydrogen-bond acceptors (Lipinski definition) is 1. The van der Waals surface area contributed by atoms with Crippen LogP contribution in [0.4, 0.5) is 0 Å². The van der Waals surface area contributed by atoms with E-state index in [1.54, 1.807) is 16.7 Å². The summed E-state index contributed by atoms with van der Waals surface area (Å²) in [5, 5.41) is 0. The lowest BCUT2D eigenvalue weighted by Crippen LogP contribution is -2.37. The average molecular weight is 423 g/mol. The summed E-state index contributed by atoms with van der Waals surface area (Å²) in [6.45, 7) is 5.19. The van der Waals surface area contributed by atoms with Crippen molar-refractivity contribution in [2.24, 2.45) is 23.7 Å². The fraction of sp³-hybridized carbons (Fsp3) is 0.733. The summed E-state index contributed by atoms with van der Waals surface area (Å²) in [6, 6.07) is 7.50. The maximum atomic E-state index is 6.11. The molecule has 0 amide bonds. The number of rotatable bonds is 9. The highest BCUT2D eigenvalue weighted by atomic mass is 16.5. The molecule has 0 bridgehead atoms. The van der Waals surface area contributed by atoms with Crippen LogP contribution < -0.4 is 0 Å². The Balaban J connectivity index is 1.26. The topological polar surface area (TPSA) is 9.23 Å². The smallest absolute Gasteiger partial charge is 0.0651 e. The Bertz CT molecular complexity index is 704. The molecule has 2 saturated carbocycles. The van der Waals surface area contributed by atoms with Crippen molar-refractivity contribution < 1.29 is 4.74 Å². The van der Waals surface area contributed by atoms with E-state index >= 15 is 0 Å². The first-order valence-electron chi connectivity index (χ1n) is 13.6. The Morgan fingerprint density at radius 3 is 2.52 bits per heavy atom. The summed E-state index contributed by atoms with van der Waals surface area (Å²) in [4.78, 5) is 0. The SMILES string of the molecule is CC=CCO[C@@H]1CC[C@@H]2CC(C3CCc4cc(CCCCCC)ccc4C3)CCC2C1. The minimum atomic E-state index is 0.520. The van der Waals surface area contributed by atoms with Gasteiger partial charge in [0.2, 0.25) is 0 Å². The monoisotopic (exact) mass is 422 g/mol. The van der Waals surface area contributed by atoms with Crippen LogP contribution in [0.3, 0.4) is 0 Å². The zero-order valence-corrected chi connectivity index (χ0v) is 20.3. The molecule has 0 aliphatic heterocycles. The van der Waals surface area contributed by atoms with E-state index in [1.165, 1.54) is 89.9 Å². The summed E-state index contributed by atoms with van der Waals surface area (Å²) in [5.41, 5.74) is 4.94. The van der Waals surface area contributed by atoms with E-state index in [2.05, 4.69) is 44.2 Å². The number of allylic oxidation sites excluding steroid dienone is 1. The minimum absolute atomic E-state index is 0.520. The molecule has 1 nitrogen and oxygen atoms in total. The van der Waals surface area contributed by atoms with Gasteiger partial charge in [-0.05, 0) is 118 Å². The van der Waals surface area contributed by atoms with Crippen LogP contribution in [0.15, 0.2) is 30.4 Å². The third-order valence-corrected chi connectivity index (χ3v) is 8.79. The van der Waals surface area contributed by atoms with Gasteiger partial charge in [0.05, 0.1) is 12.7 Å². The van der Waals surface area contributed by atoms with Gasteiger partial charge in [0.1, 0.15) is 0 Å². The Morgan fingerprint density at radius 1 is 0.871 bits per heavy atom. The summed E-state index contributed by atoms with van der Waals surface area (Å²) in [5.74, 6) is 3.83. The number of unbranched alkanes of at least 4 members (excludes halogenated alkanes) is 3. The van der Waals surface area contributed by atoms with Gasteiger partial charge in [0.15, 0.2) is 0 Å². The molecule has 4 rings (SSSR count). The summed E-state index contributed by atoms with van der Waals surface area (Å²) >= 11 is 0. The van der Waals surface area contributed by atoms with Gasteiger partial charge in [-0.2, -0.15) is 0 Å². The molecule has 3 aliphatic carbocycles. The van der Waals surface area contributed by atoms with Crippen molar-refractivity contribution in [3.8, 4) is 0 Å². The van der Waals surface area contributed by atoms with Crippen LogP contribution in [0.5, 0.6) is 0 Å². The number of ether oxygens (including phenoxy) is 1. The highest BCUT2D eigenvalue weighted by molar-refractivity contribution is 5.34. The van der Waals surface area contributed by atoms with Crippen LogP contribution in [0.2, 0.25) is 0 Å². The van der Waals surface area contributed by atoms with Gasteiger partial charge in [0.25, 0.3) is 0 Å². The minimum Gasteiger partial charge on any atom is -0.374 e. The molecule has 31 heavy (non-hydrogen) atoms. The normalized spacial score (nSPS) is 30.8. The molecule has 0 radical (unpaired) electrons. The molecule has 1 heteroatoms. The van der Waals surface area contributed by atoms with Crippen molar-refractivity contribution in [1.29, 1.82) is 0 Å². The zero-order chi connectivity index (χ0) is 21.5. The second-order valence-electron chi connectivity index (χ2n) is 10.8. The summed E-state index contributed by atoms with van der Waals surface area (Å²) < 4.78 is 6.11. The largest absolute Gasteiger partial charge is 0.374 e. The van der Waals surface area contributed by atoms with E-state index in [-0.39, 0.29) is 0 Å². The van der Waals surface area contributed by atoms with Crippen molar-refractivity contribution in [3.05, 3.63) is 47.0 Å². The first kappa shape index (κ1) is 23.1. The van der Waals surface area contributed by atoms with Gasteiger partial charge in [0, 0.05) is 0 Å². The summed E-state index contributed by atoms with van der Waals surface area (Å²) in [7, 11) is 0. The van der Waals surface area contributed by atoms with Crippen LogP contribution in [0.1, 0.15) is 101 Å².